The van der Waals surface area contributed by atoms with Crippen LogP contribution in [0.15, 0.2) is 18.2 Å². The van der Waals surface area contributed by atoms with E-state index in [4.69, 9.17) is 0 Å². The van der Waals surface area contributed by atoms with Crippen molar-refractivity contribution >= 4 is 0 Å². The summed E-state index contributed by atoms with van der Waals surface area (Å²) in [5.74, 6) is -0.797. The van der Waals surface area contributed by atoms with Gasteiger partial charge in [0.15, 0.2) is 11.6 Å². The van der Waals surface area contributed by atoms with Crippen molar-refractivity contribution in [3.05, 3.63) is 35.4 Å². The van der Waals surface area contributed by atoms with E-state index in [1.54, 1.807) is 6.07 Å². The van der Waals surface area contributed by atoms with Crippen LogP contribution in [-0.2, 0) is 6.42 Å². The van der Waals surface area contributed by atoms with Crippen LogP contribution in [0.4, 0.5) is 8.78 Å². The highest BCUT2D eigenvalue weighted by molar-refractivity contribution is 5.18. The summed E-state index contributed by atoms with van der Waals surface area (Å²) in [7, 11) is 0. The molecule has 0 aromatic heterocycles. The second kappa shape index (κ2) is 4.73. The van der Waals surface area contributed by atoms with Crippen molar-refractivity contribution in [3.8, 4) is 0 Å². The molecule has 0 atom stereocenters. The molecule has 1 saturated carbocycles. The van der Waals surface area contributed by atoms with Crippen LogP contribution in [0.25, 0.3) is 0 Å². The molecule has 2 heteroatoms. The Morgan fingerprint density at radius 3 is 2.40 bits per heavy atom. The van der Waals surface area contributed by atoms with Gasteiger partial charge in [0.2, 0.25) is 0 Å². The van der Waals surface area contributed by atoms with E-state index in [0.717, 1.165) is 12.0 Å². The van der Waals surface area contributed by atoms with Crippen LogP contribution in [0, 0.1) is 17.6 Å². The van der Waals surface area contributed by atoms with Gasteiger partial charge in [0.05, 0.1) is 0 Å². The molecule has 0 bridgehead atoms. The third-order valence-corrected chi connectivity index (χ3v) is 3.23. The zero-order chi connectivity index (χ0) is 10.7. The van der Waals surface area contributed by atoms with E-state index in [9.17, 15) is 8.78 Å². The zero-order valence-electron chi connectivity index (χ0n) is 8.81. The third kappa shape index (κ3) is 2.77. The second-order valence-electron chi connectivity index (χ2n) is 4.46. The van der Waals surface area contributed by atoms with Crippen LogP contribution in [-0.4, -0.2) is 0 Å². The predicted octanol–water partition coefficient (Wildman–Crippen LogP) is 4.09. The molecular weight excluding hydrogens is 194 g/mol. The molecule has 15 heavy (non-hydrogen) atoms. The van der Waals surface area contributed by atoms with Gasteiger partial charge in [-0.3, -0.25) is 0 Å². The molecule has 0 amide bonds. The van der Waals surface area contributed by atoms with Gasteiger partial charge < -0.3 is 0 Å². The van der Waals surface area contributed by atoms with E-state index in [1.807, 2.05) is 0 Å². The molecule has 1 aliphatic rings. The lowest BCUT2D eigenvalue weighted by Gasteiger charge is -2.21. The first-order valence-electron chi connectivity index (χ1n) is 5.69. The fraction of sp³-hybridized carbons (Fsp3) is 0.538. The number of benzene rings is 1. The average Bonchev–Trinajstić information content (AvgIpc) is 2.25. The second-order valence-corrected chi connectivity index (χ2v) is 4.46. The van der Waals surface area contributed by atoms with Gasteiger partial charge in [0.1, 0.15) is 0 Å². The van der Waals surface area contributed by atoms with Crippen LogP contribution in [0.1, 0.15) is 37.7 Å². The van der Waals surface area contributed by atoms with Crippen molar-refractivity contribution in [2.24, 2.45) is 5.92 Å². The predicted molar refractivity (Wildman–Crippen MR) is 56.6 cm³/mol. The molecule has 0 N–H and O–H groups in total. The Morgan fingerprint density at radius 2 is 1.73 bits per heavy atom. The van der Waals surface area contributed by atoms with Crippen LogP contribution in [0.2, 0.25) is 0 Å². The lowest BCUT2D eigenvalue weighted by Crippen LogP contribution is -2.09. The molecule has 1 fully saturated rings. The Bertz CT molecular complexity index is 327. The molecular formula is C13H16F2. The van der Waals surface area contributed by atoms with Gasteiger partial charge >= 0.3 is 0 Å². The highest BCUT2D eigenvalue weighted by atomic mass is 19.2. The fourth-order valence-electron chi connectivity index (χ4n) is 2.39. The summed E-state index contributed by atoms with van der Waals surface area (Å²) < 4.78 is 25.7. The van der Waals surface area contributed by atoms with Gasteiger partial charge in [-0.05, 0) is 30.0 Å². The Morgan fingerprint density at radius 1 is 1.00 bits per heavy atom. The Labute approximate surface area is 89.3 Å². The standard InChI is InChI=1S/C13H16F2/c14-12-7-6-11(9-13(12)15)8-10-4-2-1-3-5-10/h6-7,9-10H,1-5,8H2. The van der Waals surface area contributed by atoms with E-state index in [0.29, 0.717) is 5.92 Å². The molecule has 2 rings (SSSR count). The van der Waals surface area contributed by atoms with Crippen LogP contribution < -0.4 is 0 Å². The summed E-state index contributed by atoms with van der Waals surface area (Å²) in [4.78, 5) is 0. The molecule has 1 aromatic carbocycles. The summed E-state index contributed by atoms with van der Waals surface area (Å²) >= 11 is 0. The normalized spacial score (nSPS) is 18.0. The number of rotatable bonds is 2. The number of hydrogen-bond donors (Lipinski definition) is 0. The van der Waals surface area contributed by atoms with E-state index >= 15 is 0 Å². The molecule has 0 unspecified atom stereocenters. The van der Waals surface area contributed by atoms with Crippen molar-refractivity contribution in [2.75, 3.05) is 0 Å². The van der Waals surface area contributed by atoms with Crippen LogP contribution in [0.5, 0.6) is 0 Å². The Balaban J connectivity index is 2.00. The fourth-order valence-corrected chi connectivity index (χ4v) is 2.39. The molecule has 0 spiro atoms. The van der Waals surface area contributed by atoms with Gasteiger partial charge in [-0.2, -0.15) is 0 Å². The number of hydrogen-bond acceptors (Lipinski definition) is 0. The van der Waals surface area contributed by atoms with E-state index in [1.165, 1.54) is 44.2 Å². The third-order valence-electron chi connectivity index (χ3n) is 3.23. The van der Waals surface area contributed by atoms with Crippen molar-refractivity contribution in [3.63, 3.8) is 0 Å². The first-order valence-corrected chi connectivity index (χ1v) is 5.69. The minimum atomic E-state index is -0.748. The Kier molecular flexibility index (Phi) is 3.34. The van der Waals surface area contributed by atoms with Gasteiger partial charge in [-0.1, -0.05) is 38.2 Å². The van der Waals surface area contributed by atoms with Crippen molar-refractivity contribution < 1.29 is 8.78 Å². The van der Waals surface area contributed by atoms with Gasteiger partial charge in [-0.15, -0.1) is 0 Å². The van der Waals surface area contributed by atoms with Gasteiger partial charge in [0, 0.05) is 0 Å². The lowest BCUT2D eigenvalue weighted by molar-refractivity contribution is 0.356. The summed E-state index contributed by atoms with van der Waals surface area (Å²) in [6.07, 6.45) is 7.27. The molecule has 0 nitrogen and oxygen atoms in total. The number of halogens is 2. The molecule has 0 radical (unpaired) electrons. The highest BCUT2D eigenvalue weighted by Crippen LogP contribution is 2.27. The smallest absolute Gasteiger partial charge is 0.159 e. The molecule has 0 heterocycles. The highest BCUT2D eigenvalue weighted by Gasteiger charge is 2.14. The molecule has 0 saturated heterocycles. The van der Waals surface area contributed by atoms with E-state index in [-0.39, 0.29) is 0 Å². The van der Waals surface area contributed by atoms with Crippen LogP contribution in [0.3, 0.4) is 0 Å². The topological polar surface area (TPSA) is 0 Å². The Hall–Kier alpha value is -0.920. The quantitative estimate of drug-likeness (QED) is 0.689. The van der Waals surface area contributed by atoms with E-state index < -0.39 is 11.6 Å². The van der Waals surface area contributed by atoms with Gasteiger partial charge in [0.25, 0.3) is 0 Å². The summed E-state index contributed by atoms with van der Waals surface area (Å²) in [6, 6.07) is 4.27. The minimum absolute atomic E-state index is 0.670. The maximum absolute atomic E-state index is 13.0. The maximum Gasteiger partial charge on any atom is 0.159 e. The van der Waals surface area contributed by atoms with Gasteiger partial charge in [-0.25, -0.2) is 8.78 Å². The summed E-state index contributed by atoms with van der Waals surface area (Å²) in [6.45, 7) is 0. The van der Waals surface area contributed by atoms with Crippen molar-refractivity contribution in [2.45, 2.75) is 38.5 Å². The minimum Gasteiger partial charge on any atom is -0.204 e. The first-order chi connectivity index (χ1) is 7.25. The zero-order valence-corrected chi connectivity index (χ0v) is 8.81. The molecule has 0 aliphatic heterocycles. The molecule has 82 valence electrons. The molecule has 1 aliphatic carbocycles. The SMILES string of the molecule is Fc1ccc(CC2CCCCC2)cc1F. The van der Waals surface area contributed by atoms with E-state index in [2.05, 4.69) is 0 Å². The summed E-state index contributed by atoms with van der Waals surface area (Å²) in [5.41, 5.74) is 0.931. The monoisotopic (exact) mass is 210 g/mol. The van der Waals surface area contributed by atoms with Crippen molar-refractivity contribution in [1.82, 2.24) is 0 Å². The first kappa shape index (κ1) is 10.6. The molecule has 1 aromatic rings. The average molecular weight is 210 g/mol. The maximum atomic E-state index is 13.0. The largest absolute Gasteiger partial charge is 0.204 e. The van der Waals surface area contributed by atoms with Crippen LogP contribution >= 0.6 is 0 Å². The lowest BCUT2D eigenvalue weighted by atomic mass is 9.85. The van der Waals surface area contributed by atoms with Crippen molar-refractivity contribution in [1.29, 1.82) is 0 Å². The summed E-state index contributed by atoms with van der Waals surface area (Å²) in [5, 5.41) is 0.